The molecule has 42 heavy (non-hydrogen) atoms. The number of aromatic hydroxyl groups is 1. The van der Waals surface area contributed by atoms with Crippen LogP contribution in [0.25, 0.3) is 11.1 Å². The average molecular weight is 593 g/mol. The van der Waals surface area contributed by atoms with Crippen LogP contribution in [0, 0.1) is 5.82 Å². The van der Waals surface area contributed by atoms with Crippen molar-refractivity contribution in [3.8, 4) is 28.4 Å². The van der Waals surface area contributed by atoms with Gasteiger partial charge in [-0.2, -0.15) is 0 Å². The molecule has 0 aliphatic carbocycles. The molecule has 4 rings (SSSR count). The van der Waals surface area contributed by atoms with E-state index in [4.69, 9.17) is 9.47 Å². The van der Waals surface area contributed by atoms with Crippen LogP contribution >= 0.6 is 0 Å². The molecule has 0 bridgehead atoms. The number of hydrogen-bond donors (Lipinski definition) is 2. The van der Waals surface area contributed by atoms with Crippen molar-refractivity contribution in [3.05, 3.63) is 101 Å². The van der Waals surface area contributed by atoms with Gasteiger partial charge in [0.25, 0.3) is 0 Å². The smallest absolute Gasteiger partial charge is 0.337 e. The summed E-state index contributed by atoms with van der Waals surface area (Å²) in [7, 11) is -4.13. The van der Waals surface area contributed by atoms with Crippen LogP contribution in [0.5, 0.6) is 17.2 Å². The van der Waals surface area contributed by atoms with Crippen LogP contribution in [0.15, 0.2) is 88.7 Å². The fourth-order valence-corrected chi connectivity index (χ4v) is 6.53. The zero-order valence-electron chi connectivity index (χ0n) is 23.5. The van der Waals surface area contributed by atoms with Gasteiger partial charge < -0.3 is 19.7 Å². The molecule has 0 radical (unpaired) electrons. The van der Waals surface area contributed by atoms with Gasteiger partial charge in [0.05, 0.1) is 28.6 Å². The van der Waals surface area contributed by atoms with Crippen molar-refractivity contribution in [2.45, 2.75) is 49.3 Å². The van der Waals surface area contributed by atoms with Crippen molar-refractivity contribution < 1.29 is 37.3 Å². The monoisotopic (exact) mass is 592 g/mol. The Morgan fingerprint density at radius 2 is 1.45 bits per heavy atom. The van der Waals surface area contributed by atoms with Gasteiger partial charge in [-0.3, -0.25) is 0 Å². The number of sulfone groups is 1. The number of carbonyl (C=O) groups is 1. The summed E-state index contributed by atoms with van der Waals surface area (Å²) in [5, 5.41) is 20.4. The average Bonchev–Trinajstić information content (AvgIpc) is 2.98. The van der Waals surface area contributed by atoms with E-state index < -0.39 is 15.8 Å². The summed E-state index contributed by atoms with van der Waals surface area (Å²) in [6, 6.07) is 19.7. The first-order valence-electron chi connectivity index (χ1n) is 13.7. The van der Waals surface area contributed by atoms with Crippen LogP contribution in [0.1, 0.15) is 48.2 Å². The SMILES string of the molecule is CCCc1c(OCCCOc2ccc(-c3ccc(F)cc3)c(O)c2CC)cccc1S(=O)(=O)c1ccccc1C(=O)O. The van der Waals surface area contributed by atoms with Crippen LogP contribution in [0.4, 0.5) is 4.39 Å². The highest BCUT2D eigenvalue weighted by atomic mass is 32.2. The number of carboxylic acids is 1. The topological polar surface area (TPSA) is 110 Å². The third kappa shape index (κ3) is 6.57. The van der Waals surface area contributed by atoms with E-state index >= 15 is 0 Å². The highest BCUT2D eigenvalue weighted by Gasteiger charge is 2.27. The Labute approximate surface area is 245 Å². The van der Waals surface area contributed by atoms with Crippen LogP contribution in [-0.2, 0) is 22.7 Å². The number of phenolic OH excluding ortho intramolecular Hbond substituents is 1. The molecule has 2 N–H and O–H groups in total. The first kappa shape index (κ1) is 30.6. The summed E-state index contributed by atoms with van der Waals surface area (Å²) in [6.45, 7) is 4.36. The van der Waals surface area contributed by atoms with Crippen LogP contribution in [0.2, 0.25) is 0 Å². The molecule has 0 amide bonds. The van der Waals surface area contributed by atoms with E-state index in [-0.39, 0.29) is 40.1 Å². The largest absolute Gasteiger partial charge is 0.507 e. The molecule has 0 heterocycles. The Hall–Kier alpha value is -4.37. The van der Waals surface area contributed by atoms with Gasteiger partial charge in [-0.05, 0) is 66.9 Å². The minimum absolute atomic E-state index is 0.0242. The van der Waals surface area contributed by atoms with E-state index in [1.165, 1.54) is 42.5 Å². The molecule has 0 aliphatic rings. The van der Waals surface area contributed by atoms with Crippen molar-refractivity contribution in [2.24, 2.45) is 0 Å². The van der Waals surface area contributed by atoms with E-state index in [0.717, 1.165) is 0 Å². The fourth-order valence-electron chi connectivity index (χ4n) is 4.81. The van der Waals surface area contributed by atoms with Gasteiger partial charge in [0.1, 0.15) is 23.1 Å². The number of hydrogen-bond acceptors (Lipinski definition) is 6. The number of phenols is 1. The lowest BCUT2D eigenvalue weighted by atomic mass is 9.99. The quantitative estimate of drug-likeness (QED) is 0.160. The predicted molar refractivity (Wildman–Crippen MR) is 158 cm³/mol. The zero-order valence-corrected chi connectivity index (χ0v) is 24.3. The first-order valence-corrected chi connectivity index (χ1v) is 15.2. The summed E-state index contributed by atoms with van der Waals surface area (Å²) in [4.78, 5) is 11.5. The van der Waals surface area contributed by atoms with Gasteiger partial charge in [0, 0.05) is 23.1 Å². The van der Waals surface area contributed by atoms with Crippen molar-refractivity contribution >= 4 is 15.8 Å². The second-order valence-corrected chi connectivity index (χ2v) is 11.5. The molecular formula is C33H33FO7S. The molecule has 0 saturated carbocycles. The molecule has 220 valence electrons. The zero-order chi connectivity index (χ0) is 30.3. The minimum atomic E-state index is -4.13. The number of benzene rings is 4. The highest BCUT2D eigenvalue weighted by Crippen LogP contribution is 2.38. The first-order chi connectivity index (χ1) is 20.2. The Kier molecular flexibility index (Phi) is 9.85. The van der Waals surface area contributed by atoms with Crippen LogP contribution in [-0.4, -0.2) is 37.8 Å². The molecule has 7 nitrogen and oxygen atoms in total. The molecule has 0 aliphatic heterocycles. The Morgan fingerprint density at radius 3 is 2.10 bits per heavy atom. The van der Waals surface area contributed by atoms with Gasteiger partial charge >= 0.3 is 5.97 Å². The lowest BCUT2D eigenvalue weighted by molar-refractivity contribution is 0.0692. The number of rotatable bonds is 13. The van der Waals surface area contributed by atoms with E-state index in [9.17, 15) is 27.8 Å². The van der Waals surface area contributed by atoms with Gasteiger partial charge in [-0.25, -0.2) is 17.6 Å². The van der Waals surface area contributed by atoms with Crippen LogP contribution < -0.4 is 9.47 Å². The lowest BCUT2D eigenvalue weighted by Gasteiger charge is -2.17. The molecule has 0 atom stereocenters. The number of carboxylic acid groups (broad SMARTS) is 1. The normalized spacial score (nSPS) is 11.3. The molecule has 9 heteroatoms. The summed E-state index contributed by atoms with van der Waals surface area (Å²) in [5.41, 5.74) is 2.14. The summed E-state index contributed by atoms with van der Waals surface area (Å²) in [6.07, 6.45) is 2.09. The molecule has 0 fully saturated rings. The highest BCUT2D eigenvalue weighted by molar-refractivity contribution is 7.91. The van der Waals surface area contributed by atoms with Gasteiger partial charge in [0.2, 0.25) is 9.84 Å². The molecular weight excluding hydrogens is 559 g/mol. The maximum atomic E-state index is 13.6. The number of ether oxygens (including phenoxy) is 2. The van der Waals surface area contributed by atoms with E-state index in [0.29, 0.717) is 59.4 Å². The van der Waals surface area contributed by atoms with E-state index in [2.05, 4.69) is 0 Å². The third-order valence-electron chi connectivity index (χ3n) is 6.84. The summed E-state index contributed by atoms with van der Waals surface area (Å²) in [5.74, 6) is -0.623. The van der Waals surface area contributed by atoms with Crippen molar-refractivity contribution in [3.63, 3.8) is 0 Å². The Balaban J connectivity index is 1.47. The van der Waals surface area contributed by atoms with E-state index in [1.54, 1.807) is 36.4 Å². The standard InChI is InChI=1S/C33H33FO7S/c1-3-9-26-28(11-7-13-30(26)42(38,39)31-12-6-5-10-27(31)33(36)37)40-20-8-21-41-29-19-18-25(32(35)24(29)4-2)22-14-16-23(34)17-15-22/h5-7,10-19,35H,3-4,8-9,20-21H2,1-2H3,(H,36,37). The van der Waals surface area contributed by atoms with Gasteiger partial charge in [0.15, 0.2) is 0 Å². The lowest BCUT2D eigenvalue weighted by Crippen LogP contribution is -2.13. The number of aromatic carboxylic acids is 1. The molecule has 4 aromatic rings. The molecule has 0 spiro atoms. The number of halogens is 1. The summed E-state index contributed by atoms with van der Waals surface area (Å²) >= 11 is 0. The summed E-state index contributed by atoms with van der Waals surface area (Å²) < 4.78 is 52.4. The van der Waals surface area contributed by atoms with Crippen molar-refractivity contribution in [1.82, 2.24) is 0 Å². The maximum Gasteiger partial charge on any atom is 0.337 e. The van der Waals surface area contributed by atoms with Gasteiger partial charge in [-0.15, -0.1) is 0 Å². The fraction of sp³-hybridized carbons (Fsp3) is 0.242. The molecule has 0 unspecified atom stereocenters. The van der Waals surface area contributed by atoms with Crippen LogP contribution in [0.3, 0.4) is 0 Å². The van der Waals surface area contributed by atoms with Crippen molar-refractivity contribution in [2.75, 3.05) is 13.2 Å². The second kappa shape index (κ2) is 13.5. The molecule has 4 aromatic carbocycles. The Morgan fingerprint density at radius 1 is 0.810 bits per heavy atom. The molecule has 0 saturated heterocycles. The predicted octanol–water partition coefficient (Wildman–Crippen LogP) is 7.09. The molecule has 0 aromatic heterocycles. The van der Waals surface area contributed by atoms with Gasteiger partial charge in [-0.1, -0.05) is 50.6 Å². The maximum absolute atomic E-state index is 13.6. The Bertz CT molecular complexity index is 1660. The second-order valence-electron chi connectivity index (χ2n) is 9.64. The minimum Gasteiger partial charge on any atom is -0.507 e. The third-order valence-corrected chi connectivity index (χ3v) is 8.74. The van der Waals surface area contributed by atoms with E-state index in [1.807, 2.05) is 13.8 Å². The van der Waals surface area contributed by atoms with Crippen molar-refractivity contribution in [1.29, 1.82) is 0 Å².